The highest BCUT2D eigenvalue weighted by Gasteiger charge is 2.29. The van der Waals surface area contributed by atoms with Crippen molar-refractivity contribution in [2.45, 2.75) is 38.1 Å². The van der Waals surface area contributed by atoms with Crippen LogP contribution in [0.5, 0.6) is 0 Å². The van der Waals surface area contributed by atoms with E-state index in [0.717, 1.165) is 23.4 Å². The number of aromatic nitrogens is 5. The van der Waals surface area contributed by atoms with E-state index in [4.69, 9.17) is 5.11 Å². The lowest BCUT2D eigenvalue weighted by atomic mass is 10.1. The molecular formula is C18H18N6O3. The fourth-order valence-corrected chi connectivity index (χ4v) is 3.61. The number of carbonyl (C=O) groups excluding carboxylic acids is 1. The van der Waals surface area contributed by atoms with Gasteiger partial charge in [0.05, 0.1) is 24.0 Å². The number of aromatic carboxylic acids is 1. The van der Waals surface area contributed by atoms with Crippen molar-refractivity contribution in [2.24, 2.45) is 0 Å². The zero-order valence-electron chi connectivity index (χ0n) is 14.6. The molecule has 0 aromatic carbocycles. The summed E-state index contributed by atoms with van der Waals surface area (Å²) in [5.41, 5.74) is 2.82. The number of carboxylic acid groups (broad SMARTS) is 1. The number of amides is 1. The van der Waals surface area contributed by atoms with Crippen molar-refractivity contribution in [1.82, 2.24) is 24.6 Å². The van der Waals surface area contributed by atoms with Gasteiger partial charge in [0.1, 0.15) is 5.82 Å². The van der Waals surface area contributed by atoms with E-state index >= 15 is 0 Å². The SMILES string of the molecule is O=C(O)c1cn(Cc2cc3cc(C4CC4)cc(N4CCCC4=O)n3n2)nn1. The fraction of sp³-hybridized carbons (Fsp3) is 0.389. The first-order valence-corrected chi connectivity index (χ1v) is 9.05. The third-order valence-electron chi connectivity index (χ3n) is 5.10. The van der Waals surface area contributed by atoms with Gasteiger partial charge in [-0.05, 0) is 48.9 Å². The van der Waals surface area contributed by atoms with Gasteiger partial charge in [0, 0.05) is 13.0 Å². The molecule has 1 N–H and O–H groups in total. The molecule has 2 fully saturated rings. The number of hydrogen-bond donors (Lipinski definition) is 1. The molecule has 0 spiro atoms. The minimum absolute atomic E-state index is 0.0989. The van der Waals surface area contributed by atoms with Crippen LogP contribution < -0.4 is 4.90 Å². The molecule has 0 unspecified atom stereocenters. The molecule has 1 saturated carbocycles. The second-order valence-electron chi connectivity index (χ2n) is 7.15. The maximum Gasteiger partial charge on any atom is 0.358 e. The third kappa shape index (κ3) is 2.84. The molecule has 4 heterocycles. The highest BCUT2D eigenvalue weighted by molar-refractivity contribution is 5.95. The molecular weight excluding hydrogens is 348 g/mol. The molecule has 3 aromatic rings. The van der Waals surface area contributed by atoms with Gasteiger partial charge in [0.15, 0.2) is 5.69 Å². The van der Waals surface area contributed by atoms with Gasteiger partial charge in [-0.15, -0.1) is 5.10 Å². The minimum Gasteiger partial charge on any atom is -0.476 e. The second-order valence-corrected chi connectivity index (χ2v) is 7.15. The maximum absolute atomic E-state index is 12.3. The van der Waals surface area contributed by atoms with Crippen LogP contribution >= 0.6 is 0 Å². The maximum atomic E-state index is 12.3. The Morgan fingerprint density at radius 2 is 2.11 bits per heavy atom. The molecule has 1 aliphatic carbocycles. The van der Waals surface area contributed by atoms with E-state index < -0.39 is 5.97 Å². The molecule has 5 rings (SSSR count). The van der Waals surface area contributed by atoms with Crippen molar-refractivity contribution in [1.29, 1.82) is 0 Å². The van der Waals surface area contributed by atoms with Gasteiger partial charge >= 0.3 is 5.97 Å². The largest absolute Gasteiger partial charge is 0.476 e. The monoisotopic (exact) mass is 366 g/mol. The lowest BCUT2D eigenvalue weighted by molar-refractivity contribution is -0.117. The lowest BCUT2D eigenvalue weighted by Crippen LogP contribution is -2.26. The van der Waals surface area contributed by atoms with Crippen molar-refractivity contribution < 1.29 is 14.7 Å². The first-order chi connectivity index (χ1) is 13.1. The number of fused-ring (bicyclic) bond motifs is 1. The smallest absolute Gasteiger partial charge is 0.358 e. The van der Waals surface area contributed by atoms with Crippen molar-refractivity contribution >= 4 is 23.2 Å². The Labute approximate surface area is 154 Å². The zero-order valence-corrected chi connectivity index (χ0v) is 14.6. The summed E-state index contributed by atoms with van der Waals surface area (Å²) < 4.78 is 3.26. The number of nitrogens with zero attached hydrogens (tertiary/aromatic N) is 6. The van der Waals surface area contributed by atoms with Crippen molar-refractivity contribution in [3.05, 3.63) is 41.3 Å². The fourth-order valence-electron chi connectivity index (χ4n) is 3.61. The Kier molecular flexibility index (Phi) is 3.49. The molecule has 27 heavy (non-hydrogen) atoms. The molecule has 1 saturated heterocycles. The van der Waals surface area contributed by atoms with E-state index in [1.165, 1.54) is 29.3 Å². The van der Waals surface area contributed by atoms with Crippen LogP contribution in [0.15, 0.2) is 24.4 Å². The Balaban J connectivity index is 1.54. The van der Waals surface area contributed by atoms with E-state index in [0.29, 0.717) is 25.4 Å². The van der Waals surface area contributed by atoms with Crippen LogP contribution in [0.1, 0.15) is 53.3 Å². The molecule has 0 radical (unpaired) electrons. The molecule has 1 amide bonds. The Bertz CT molecular complexity index is 1060. The van der Waals surface area contributed by atoms with Crippen LogP contribution in [0, 0.1) is 0 Å². The predicted molar refractivity (Wildman–Crippen MR) is 94.8 cm³/mol. The number of hydrogen-bond acceptors (Lipinski definition) is 5. The Morgan fingerprint density at radius 1 is 1.26 bits per heavy atom. The van der Waals surface area contributed by atoms with Gasteiger partial charge < -0.3 is 5.11 Å². The summed E-state index contributed by atoms with van der Waals surface area (Å²) in [5, 5.41) is 21.1. The van der Waals surface area contributed by atoms with E-state index in [9.17, 15) is 9.59 Å². The number of rotatable bonds is 5. The summed E-state index contributed by atoms with van der Waals surface area (Å²) in [6, 6.07) is 6.17. The van der Waals surface area contributed by atoms with Crippen LogP contribution in [0.2, 0.25) is 0 Å². The summed E-state index contributed by atoms with van der Waals surface area (Å²) in [6.07, 6.45) is 5.18. The molecule has 138 valence electrons. The summed E-state index contributed by atoms with van der Waals surface area (Å²) in [6.45, 7) is 1.02. The van der Waals surface area contributed by atoms with Crippen molar-refractivity contribution in [2.75, 3.05) is 11.4 Å². The quantitative estimate of drug-likeness (QED) is 0.736. The topological polar surface area (TPSA) is 106 Å². The predicted octanol–water partition coefficient (Wildman–Crippen LogP) is 1.68. The minimum atomic E-state index is -1.11. The Hall–Kier alpha value is -3.23. The van der Waals surface area contributed by atoms with Gasteiger partial charge in [-0.3, -0.25) is 9.69 Å². The first-order valence-electron chi connectivity index (χ1n) is 9.05. The third-order valence-corrected chi connectivity index (χ3v) is 5.10. The summed E-state index contributed by atoms with van der Waals surface area (Å²) >= 11 is 0. The molecule has 2 aliphatic rings. The van der Waals surface area contributed by atoms with Gasteiger partial charge in [0.2, 0.25) is 5.91 Å². The summed E-state index contributed by atoms with van der Waals surface area (Å²) in [7, 11) is 0. The van der Waals surface area contributed by atoms with Gasteiger partial charge in [-0.2, -0.15) is 5.10 Å². The summed E-state index contributed by atoms with van der Waals surface area (Å²) in [5.74, 6) is 0.398. The average Bonchev–Trinajstić information content (AvgIpc) is 3.03. The highest BCUT2D eigenvalue weighted by Crippen LogP contribution is 2.42. The lowest BCUT2D eigenvalue weighted by Gasteiger charge is -2.18. The number of pyridine rings is 1. The summed E-state index contributed by atoms with van der Waals surface area (Å²) in [4.78, 5) is 25.1. The zero-order chi connectivity index (χ0) is 18.5. The van der Waals surface area contributed by atoms with Gasteiger partial charge in [-0.25, -0.2) is 14.0 Å². The normalized spacial score (nSPS) is 17.2. The highest BCUT2D eigenvalue weighted by atomic mass is 16.4. The molecule has 9 nitrogen and oxygen atoms in total. The van der Waals surface area contributed by atoms with Crippen LogP contribution in [0.3, 0.4) is 0 Å². The second kappa shape index (κ2) is 5.90. The number of anilines is 1. The van der Waals surface area contributed by atoms with Crippen molar-refractivity contribution in [3.63, 3.8) is 0 Å². The van der Waals surface area contributed by atoms with Crippen LogP contribution in [0.25, 0.3) is 5.52 Å². The number of carbonyl (C=O) groups is 2. The van der Waals surface area contributed by atoms with Crippen molar-refractivity contribution in [3.8, 4) is 0 Å². The molecule has 9 heteroatoms. The van der Waals surface area contributed by atoms with Gasteiger partial charge in [-0.1, -0.05) is 5.21 Å². The van der Waals surface area contributed by atoms with E-state index in [1.807, 2.05) is 11.0 Å². The average molecular weight is 366 g/mol. The molecule has 1 aliphatic heterocycles. The van der Waals surface area contributed by atoms with Gasteiger partial charge in [0.25, 0.3) is 0 Å². The van der Waals surface area contributed by atoms with Crippen LogP contribution in [0.4, 0.5) is 5.82 Å². The van der Waals surface area contributed by atoms with E-state index in [-0.39, 0.29) is 11.6 Å². The van der Waals surface area contributed by atoms with E-state index in [1.54, 1.807) is 4.52 Å². The first kappa shape index (κ1) is 16.0. The molecule has 0 atom stereocenters. The molecule has 0 bridgehead atoms. The van der Waals surface area contributed by atoms with E-state index in [2.05, 4.69) is 27.5 Å². The van der Waals surface area contributed by atoms with Crippen LogP contribution in [-0.4, -0.2) is 48.1 Å². The Morgan fingerprint density at radius 3 is 2.78 bits per heavy atom. The standard InChI is InChI=1S/C18H18N6O3/c25-17-2-1-5-23(17)16-7-12(11-3-4-11)6-14-8-13(20-24(14)16)9-22-10-15(18(26)27)19-21-22/h6-8,10-11H,1-5,9H2,(H,26,27). The molecule has 3 aromatic heterocycles. The van der Waals surface area contributed by atoms with Crippen LogP contribution in [-0.2, 0) is 11.3 Å². The number of carboxylic acids is 1.